The maximum atomic E-state index is 10.8. The Morgan fingerprint density at radius 3 is 3.11 bits per heavy atom. The average molecular weight is 267 g/mol. The predicted molar refractivity (Wildman–Crippen MR) is 74.8 cm³/mol. The van der Waals surface area contributed by atoms with E-state index in [1.165, 1.54) is 4.88 Å². The van der Waals surface area contributed by atoms with Crippen LogP contribution in [0.5, 0.6) is 0 Å². The monoisotopic (exact) mass is 267 g/mol. The molecule has 5 heteroatoms. The third kappa shape index (κ3) is 3.80. The van der Waals surface area contributed by atoms with Crippen molar-refractivity contribution < 1.29 is 4.79 Å². The molecule has 2 unspecified atom stereocenters. The molecule has 3 N–H and O–H groups in total. The highest BCUT2D eigenvalue weighted by Gasteiger charge is 2.26. The van der Waals surface area contributed by atoms with Crippen LogP contribution in [0.4, 0.5) is 0 Å². The number of likely N-dealkylation sites (tertiary alicyclic amines) is 1. The van der Waals surface area contributed by atoms with Crippen molar-refractivity contribution in [1.29, 1.82) is 0 Å². The van der Waals surface area contributed by atoms with Crippen molar-refractivity contribution in [2.45, 2.75) is 25.3 Å². The summed E-state index contributed by atoms with van der Waals surface area (Å²) in [4.78, 5) is 14.6. The van der Waals surface area contributed by atoms with E-state index in [2.05, 4.69) is 27.7 Å². The topological polar surface area (TPSA) is 58.4 Å². The van der Waals surface area contributed by atoms with Gasteiger partial charge in [0.2, 0.25) is 5.91 Å². The first-order chi connectivity index (χ1) is 8.65. The Hall–Kier alpha value is -0.910. The fourth-order valence-electron chi connectivity index (χ4n) is 2.53. The Bertz CT molecular complexity index is 380. The zero-order valence-electron chi connectivity index (χ0n) is 10.8. The second kappa shape index (κ2) is 6.31. The first-order valence-electron chi connectivity index (χ1n) is 6.41. The van der Waals surface area contributed by atoms with Crippen molar-refractivity contribution in [2.24, 2.45) is 5.73 Å². The largest absolute Gasteiger partial charge is 0.355 e. The smallest absolute Gasteiger partial charge is 0.216 e. The second-order valence-electron chi connectivity index (χ2n) is 4.95. The van der Waals surface area contributed by atoms with Gasteiger partial charge in [0.1, 0.15) is 0 Å². The Labute approximate surface area is 112 Å². The van der Waals surface area contributed by atoms with Crippen molar-refractivity contribution >= 4 is 17.2 Å². The van der Waals surface area contributed by atoms with E-state index in [0.717, 1.165) is 26.1 Å². The maximum Gasteiger partial charge on any atom is 0.216 e. The molecule has 2 atom stereocenters. The van der Waals surface area contributed by atoms with Crippen molar-refractivity contribution in [3.63, 3.8) is 0 Å². The fraction of sp³-hybridized carbons (Fsp3) is 0.615. The SMILES string of the molecule is CC(=O)NCCN1CC(N)CC(c2cccs2)C1. The highest BCUT2D eigenvalue weighted by atomic mass is 32.1. The molecule has 1 aliphatic heterocycles. The Kier molecular flexibility index (Phi) is 4.74. The zero-order valence-corrected chi connectivity index (χ0v) is 11.6. The van der Waals surface area contributed by atoms with Gasteiger partial charge in [-0.2, -0.15) is 0 Å². The van der Waals surface area contributed by atoms with E-state index in [1.807, 2.05) is 11.3 Å². The zero-order chi connectivity index (χ0) is 13.0. The number of nitrogens with two attached hydrogens (primary N) is 1. The molecule has 2 rings (SSSR count). The van der Waals surface area contributed by atoms with E-state index < -0.39 is 0 Å². The minimum Gasteiger partial charge on any atom is -0.355 e. The lowest BCUT2D eigenvalue weighted by molar-refractivity contribution is -0.119. The lowest BCUT2D eigenvalue weighted by Crippen LogP contribution is -2.48. The van der Waals surface area contributed by atoms with Gasteiger partial charge in [-0.3, -0.25) is 9.69 Å². The predicted octanol–water partition coefficient (Wildman–Crippen LogP) is 1.00. The molecular weight excluding hydrogens is 246 g/mol. The summed E-state index contributed by atoms with van der Waals surface area (Å²) in [5.41, 5.74) is 6.13. The van der Waals surface area contributed by atoms with Gasteiger partial charge in [0.15, 0.2) is 0 Å². The van der Waals surface area contributed by atoms with Gasteiger partial charge in [-0.1, -0.05) is 6.07 Å². The lowest BCUT2D eigenvalue weighted by atomic mass is 9.93. The highest BCUT2D eigenvalue weighted by Crippen LogP contribution is 2.29. The third-order valence-electron chi connectivity index (χ3n) is 3.31. The minimum atomic E-state index is 0.0334. The van der Waals surface area contributed by atoms with Gasteiger partial charge < -0.3 is 11.1 Å². The van der Waals surface area contributed by atoms with E-state index >= 15 is 0 Å². The average Bonchev–Trinajstić information content (AvgIpc) is 2.81. The minimum absolute atomic E-state index is 0.0334. The van der Waals surface area contributed by atoms with E-state index in [9.17, 15) is 4.79 Å². The lowest BCUT2D eigenvalue weighted by Gasteiger charge is -2.36. The summed E-state index contributed by atoms with van der Waals surface area (Å²) in [6, 6.07) is 4.53. The van der Waals surface area contributed by atoms with Crippen LogP contribution in [0.3, 0.4) is 0 Å². The molecule has 0 radical (unpaired) electrons. The van der Waals surface area contributed by atoms with Gasteiger partial charge in [0, 0.05) is 49.9 Å². The summed E-state index contributed by atoms with van der Waals surface area (Å²) in [5.74, 6) is 0.581. The van der Waals surface area contributed by atoms with Gasteiger partial charge in [0.25, 0.3) is 0 Å². The number of hydrogen-bond donors (Lipinski definition) is 2. The number of piperidine rings is 1. The van der Waals surface area contributed by atoms with Crippen LogP contribution in [-0.2, 0) is 4.79 Å². The Morgan fingerprint density at radius 1 is 1.61 bits per heavy atom. The summed E-state index contributed by atoms with van der Waals surface area (Å²) < 4.78 is 0. The number of rotatable bonds is 4. The molecule has 100 valence electrons. The molecular formula is C13H21N3OS. The second-order valence-corrected chi connectivity index (χ2v) is 5.93. The molecule has 1 aliphatic rings. The summed E-state index contributed by atoms with van der Waals surface area (Å²) >= 11 is 1.81. The van der Waals surface area contributed by atoms with Crippen LogP contribution in [0.15, 0.2) is 17.5 Å². The highest BCUT2D eigenvalue weighted by molar-refractivity contribution is 7.10. The maximum absolute atomic E-state index is 10.8. The van der Waals surface area contributed by atoms with Crippen LogP contribution in [-0.4, -0.2) is 43.0 Å². The van der Waals surface area contributed by atoms with Crippen LogP contribution in [0, 0.1) is 0 Å². The quantitative estimate of drug-likeness (QED) is 0.855. The van der Waals surface area contributed by atoms with E-state index in [1.54, 1.807) is 6.92 Å². The van der Waals surface area contributed by atoms with Crippen molar-refractivity contribution in [2.75, 3.05) is 26.2 Å². The van der Waals surface area contributed by atoms with Crippen molar-refractivity contribution in [3.05, 3.63) is 22.4 Å². The number of thiophene rings is 1. The third-order valence-corrected chi connectivity index (χ3v) is 4.34. The van der Waals surface area contributed by atoms with Crippen molar-refractivity contribution in [1.82, 2.24) is 10.2 Å². The number of carbonyl (C=O) groups is 1. The standard InChI is InChI=1S/C13H21N3OS/c1-10(17)15-4-5-16-8-11(7-12(14)9-16)13-3-2-6-18-13/h2-3,6,11-12H,4-5,7-9,14H2,1H3,(H,15,17). The van der Waals surface area contributed by atoms with E-state index in [4.69, 9.17) is 5.73 Å². The summed E-state index contributed by atoms with van der Waals surface area (Å²) in [6.45, 7) is 5.13. The van der Waals surface area contributed by atoms with Gasteiger partial charge >= 0.3 is 0 Å². The molecule has 2 heterocycles. The fourth-order valence-corrected chi connectivity index (χ4v) is 3.37. The van der Waals surface area contributed by atoms with Gasteiger partial charge in [0.05, 0.1) is 0 Å². The number of hydrogen-bond acceptors (Lipinski definition) is 4. The van der Waals surface area contributed by atoms with Gasteiger partial charge in [-0.05, 0) is 17.9 Å². The molecule has 18 heavy (non-hydrogen) atoms. The summed E-state index contributed by atoms with van der Waals surface area (Å²) in [7, 11) is 0. The van der Waals surface area contributed by atoms with Crippen LogP contribution >= 0.6 is 11.3 Å². The Morgan fingerprint density at radius 2 is 2.44 bits per heavy atom. The van der Waals surface area contributed by atoms with E-state index in [-0.39, 0.29) is 11.9 Å². The molecule has 0 aromatic carbocycles. The Balaban J connectivity index is 1.86. The van der Waals surface area contributed by atoms with Crippen LogP contribution in [0.1, 0.15) is 24.1 Å². The summed E-state index contributed by atoms with van der Waals surface area (Å²) in [5, 5.41) is 4.96. The van der Waals surface area contributed by atoms with Crippen LogP contribution in [0.25, 0.3) is 0 Å². The number of amides is 1. The summed E-state index contributed by atoms with van der Waals surface area (Å²) in [6.07, 6.45) is 1.07. The molecule has 0 bridgehead atoms. The molecule has 0 aliphatic carbocycles. The molecule has 0 saturated carbocycles. The molecule has 1 amide bonds. The molecule has 4 nitrogen and oxygen atoms in total. The normalized spacial score (nSPS) is 25.0. The van der Waals surface area contributed by atoms with Crippen LogP contribution < -0.4 is 11.1 Å². The number of nitrogens with zero attached hydrogens (tertiary/aromatic N) is 1. The van der Waals surface area contributed by atoms with Gasteiger partial charge in [-0.15, -0.1) is 11.3 Å². The molecule has 1 aromatic rings. The molecule has 0 spiro atoms. The number of carbonyl (C=O) groups excluding carboxylic acids is 1. The van der Waals surface area contributed by atoms with Crippen molar-refractivity contribution in [3.8, 4) is 0 Å². The molecule has 1 aromatic heterocycles. The first kappa shape index (κ1) is 13.5. The van der Waals surface area contributed by atoms with Crippen LogP contribution in [0.2, 0.25) is 0 Å². The number of nitrogens with one attached hydrogen (secondary N) is 1. The van der Waals surface area contributed by atoms with E-state index in [0.29, 0.717) is 12.5 Å². The molecule has 1 saturated heterocycles. The first-order valence-corrected chi connectivity index (χ1v) is 7.29. The molecule has 1 fully saturated rings. The van der Waals surface area contributed by atoms with Gasteiger partial charge in [-0.25, -0.2) is 0 Å².